The summed E-state index contributed by atoms with van der Waals surface area (Å²) in [6, 6.07) is 3.79. The van der Waals surface area contributed by atoms with Crippen molar-refractivity contribution in [3.63, 3.8) is 0 Å². The van der Waals surface area contributed by atoms with E-state index in [1.165, 1.54) is 5.57 Å². The Labute approximate surface area is 246 Å². The molecule has 0 bridgehead atoms. The van der Waals surface area contributed by atoms with Gasteiger partial charge in [0.25, 0.3) is 0 Å². The average Bonchev–Trinajstić information content (AvgIpc) is 3.44. The van der Waals surface area contributed by atoms with Gasteiger partial charge in [0, 0.05) is 5.41 Å². The van der Waals surface area contributed by atoms with Gasteiger partial charge in [0.05, 0.1) is 37.0 Å². The van der Waals surface area contributed by atoms with Gasteiger partial charge in [-0.1, -0.05) is 53.2 Å². The van der Waals surface area contributed by atoms with E-state index in [1.807, 2.05) is 19.1 Å². The maximum atomic E-state index is 14.2. The fourth-order valence-corrected chi connectivity index (χ4v) is 11.6. The van der Waals surface area contributed by atoms with Gasteiger partial charge in [0.2, 0.25) is 5.91 Å². The van der Waals surface area contributed by atoms with Gasteiger partial charge in [-0.2, -0.15) is 0 Å². The Morgan fingerprint density at radius 3 is 2.41 bits per heavy atom. The summed E-state index contributed by atoms with van der Waals surface area (Å²) in [5.74, 6) is 1.68. The van der Waals surface area contributed by atoms with Crippen molar-refractivity contribution < 1.29 is 24.5 Å². The smallest absolute Gasteiger partial charge is 0.227 e. The standard InChI is InChI=1S/C35H53NO5/c1-30(2)13-15-35(29(40)36-20-22-8-7-17-41-22)16-14-33(5)23(24(35)18-30)9-10-27-31(3)19-25(38)28(39)32(4,21-37)26(31)11-12-34(27,33)6/h7-9,17,24-28,37-39H,10-16,18-21H2,1-6H3,(H,36,40)/t24?,25-,26?,27?,28+,31+,32+,33-,34-,35+/m1/s1. The van der Waals surface area contributed by atoms with Crippen molar-refractivity contribution in [3.05, 3.63) is 35.8 Å². The predicted octanol–water partition coefficient (Wildman–Crippen LogP) is 6.00. The van der Waals surface area contributed by atoms with Gasteiger partial charge in [-0.05, 0) is 109 Å². The summed E-state index contributed by atoms with van der Waals surface area (Å²) < 4.78 is 5.53. The highest BCUT2D eigenvalue weighted by Crippen LogP contribution is 2.75. The quantitative estimate of drug-likeness (QED) is 0.334. The van der Waals surface area contributed by atoms with Crippen molar-refractivity contribution >= 4 is 5.91 Å². The first-order valence-corrected chi connectivity index (χ1v) is 16.2. The first-order valence-electron chi connectivity index (χ1n) is 16.2. The molecule has 10 atom stereocenters. The van der Waals surface area contributed by atoms with Gasteiger partial charge in [-0.3, -0.25) is 4.79 Å². The molecule has 6 nitrogen and oxygen atoms in total. The Balaban J connectivity index is 1.38. The molecule has 1 heterocycles. The molecule has 3 unspecified atom stereocenters. The van der Waals surface area contributed by atoms with E-state index < -0.39 is 23.0 Å². The number of aliphatic hydroxyl groups excluding tert-OH is 3. The maximum Gasteiger partial charge on any atom is 0.227 e. The number of aliphatic hydroxyl groups is 3. The summed E-state index contributed by atoms with van der Waals surface area (Å²) in [7, 11) is 0. The molecule has 228 valence electrons. The van der Waals surface area contributed by atoms with Gasteiger partial charge >= 0.3 is 0 Å². The number of amides is 1. The molecule has 1 aromatic rings. The van der Waals surface area contributed by atoms with Crippen LogP contribution in [0.15, 0.2) is 34.5 Å². The van der Waals surface area contributed by atoms with Gasteiger partial charge in [-0.25, -0.2) is 0 Å². The van der Waals surface area contributed by atoms with E-state index in [0.29, 0.717) is 18.9 Å². The summed E-state index contributed by atoms with van der Waals surface area (Å²) in [5.41, 5.74) is 0.379. The van der Waals surface area contributed by atoms with E-state index in [2.05, 4.69) is 46.0 Å². The highest BCUT2D eigenvalue weighted by molar-refractivity contribution is 5.84. The second-order valence-corrected chi connectivity index (χ2v) is 16.5. The molecule has 0 radical (unpaired) electrons. The molecular weight excluding hydrogens is 514 g/mol. The molecule has 41 heavy (non-hydrogen) atoms. The lowest BCUT2D eigenvalue weighted by molar-refractivity contribution is -0.243. The first-order chi connectivity index (χ1) is 19.2. The monoisotopic (exact) mass is 567 g/mol. The van der Waals surface area contributed by atoms with Crippen LogP contribution in [0.3, 0.4) is 0 Å². The third-order valence-electron chi connectivity index (χ3n) is 14.2. The van der Waals surface area contributed by atoms with Crippen LogP contribution in [0, 0.1) is 50.2 Å². The third-order valence-corrected chi connectivity index (χ3v) is 14.2. The van der Waals surface area contributed by atoms with E-state index in [9.17, 15) is 20.1 Å². The second-order valence-electron chi connectivity index (χ2n) is 16.5. The van der Waals surface area contributed by atoms with Crippen molar-refractivity contribution in [2.75, 3.05) is 6.61 Å². The molecule has 0 aromatic carbocycles. The fraction of sp³-hybridized carbons (Fsp3) is 0.800. The molecule has 6 rings (SSSR count). The second kappa shape index (κ2) is 9.43. The molecule has 4 fully saturated rings. The van der Waals surface area contributed by atoms with Crippen LogP contribution in [-0.4, -0.2) is 40.0 Å². The summed E-state index contributed by atoms with van der Waals surface area (Å²) in [6.07, 6.45) is 10.8. The summed E-state index contributed by atoms with van der Waals surface area (Å²) >= 11 is 0. The minimum atomic E-state index is -0.903. The highest BCUT2D eigenvalue weighted by Gasteiger charge is 2.70. The van der Waals surface area contributed by atoms with Crippen molar-refractivity contribution in [2.24, 2.45) is 50.2 Å². The Kier molecular flexibility index (Phi) is 6.77. The van der Waals surface area contributed by atoms with Crippen molar-refractivity contribution in [1.82, 2.24) is 5.32 Å². The van der Waals surface area contributed by atoms with Crippen LogP contribution < -0.4 is 5.32 Å². The number of hydrogen-bond acceptors (Lipinski definition) is 5. The summed E-state index contributed by atoms with van der Waals surface area (Å²) in [6.45, 7) is 14.4. The Morgan fingerprint density at radius 2 is 1.73 bits per heavy atom. The summed E-state index contributed by atoms with van der Waals surface area (Å²) in [5, 5.41) is 36.0. The number of furan rings is 1. The van der Waals surface area contributed by atoms with E-state index in [1.54, 1.807) is 6.26 Å². The largest absolute Gasteiger partial charge is 0.467 e. The average molecular weight is 568 g/mol. The topological polar surface area (TPSA) is 103 Å². The lowest BCUT2D eigenvalue weighted by Gasteiger charge is -2.71. The molecule has 5 aliphatic carbocycles. The molecule has 0 spiro atoms. The minimum absolute atomic E-state index is 0.0130. The third kappa shape index (κ3) is 3.95. The SMILES string of the molecule is CC1(C)CC[C@]2(C(=O)NCc3ccco3)CC[C@]3(C)C(=CCC4[C@@]5(C)C[C@@H](O)[C@H](O)[C@@](C)(CO)C5CC[C@]43C)C2C1. The molecule has 1 amide bonds. The Hall–Kier alpha value is -1.63. The van der Waals surface area contributed by atoms with Crippen LogP contribution in [0.2, 0.25) is 0 Å². The zero-order valence-corrected chi connectivity index (χ0v) is 26.1. The van der Waals surface area contributed by atoms with Crippen LogP contribution in [0.1, 0.15) is 105 Å². The van der Waals surface area contributed by atoms with Crippen LogP contribution >= 0.6 is 0 Å². The number of fused-ring (bicyclic) bond motifs is 7. The lowest BCUT2D eigenvalue weighted by Crippen LogP contribution is -2.68. The molecule has 0 saturated heterocycles. The normalized spacial score (nSPS) is 48.6. The van der Waals surface area contributed by atoms with E-state index >= 15 is 0 Å². The predicted molar refractivity (Wildman–Crippen MR) is 158 cm³/mol. The Morgan fingerprint density at radius 1 is 1.00 bits per heavy atom. The van der Waals surface area contributed by atoms with E-state index in [0.717, 1.165) is 57.1 Å². The van der Waals surface area contributed by atoms with Crippen LogP contribution in [0.5, 0.6) is 0 Å². The first kappa shape index (κ1) is 29.4. The van der Waals surface area contributed by atoms with Crippen molar-refractivity contribution in [1.29, 1.82) is 0 Å². The van der Waals surface area contributed by atoms with E-state index in [-0.39, 0.29) is 46.0 Å². The molecule has 6 heteroatoms. The van der Waals surface area contributed by atoms with Crippen LogP contribution in [0.25, 0.3) is 0 Å². The lowest BCUT2D eigenvalue weighted by atomic mass is 9.33. The van der Waals surface area contributed by atoms with Crippen LogP contribution in [-0.2, 0) is 11.3 Å². The number of carbonyl (C=O) groups excluding carboxylic acids is 1. The van der Waals surface area contributed by atoms with Gasteiger partial charge in [0.15, 0.2) is 0 Å². The minimum Gasteiger partial charge on any atom is -0.467 e. The van der Waals surface area contributed by atoms with E-state index in [4.69, 9.17) is 4.42 Å². The molecule has 4 saturated carbocycles. The maximum absolute atomic E-state index is 14.2. The highest BCUT2D eigenvalue weighted by atomic mass is 16.3. The number of rotatable bonds is 4. The van der Waals surface area contributed by atoms with Gasteiger partial charge < -0.3 is 25.1 Å². The van der Waals surface area contributed by atoms with Crippen molar-refractivity contribution in [2.45, 2.75) is 118 Å². The molecule has 5 aliphatic rings. The van der Waals surface area contributed by atoms with Gasteiger partial charge in [-0.15, -0.1) is 0 Å². The molecule has 0 aliphatic heterocycles. The number of allylic oxidation sites excluding steroid dienone is 2. The molecular formula is C35H53NO5. The number of hydrogen-bond donors (Lipinski definition) is 4. The number of nitrogens with one attached hydrogen (secondary N) is 1. The number of carbonyl (C=O) groups is 1. The van der Waals surface area contributed by atoms with Gasteiger partial charge in [0.1, 0.15) is 5.76 Å². The zero-order valence-electron chi connectivity index (χ0n) is 26.1. The zero-order chi connectivity index (χ0) is 29.6. The Bertz CT molecular complexity index is 1210. The van der Waals surface area contributed by atoms with Crippen LogP contribution in [0.4, 0.5) is 0 Å². The van der Waals surface area contributed by atoms with Crippen molar-refractivity contribution in [3.8, 4) is 0 Å². The summed E-state index contributed by atoms with van der Waals surface area (Å²) in [4.78, 5) is 14.2. The molecule has 1 aromatic heterocycles. The molecule has 4 N–H and O–H groups in total. The fourth-order valence-electron chi connectivity index (χ4n) is 11.6.